The molecule has 0 saturated carbocycles. The normalized spacial score (nSPS) is 12.6. The number of benzene rings is 1. The zero-order valence-corrected chi connectivity index (χ0v) is 10.2. The van der Waals surface area contributed by atoms with Gasteiger partial charge >= 0.3 is 5.97 Å². The van der Waals surface area contributed by atoms with E-state index < -0.39 is 12.0 Å². The first-order valence-electron chi connectivity index (χ1n) is 5.75. The van der Waals surface area contributed by atoms with Gasteiger partial charge in [0.25, 0.3) is 0 Å². The molecule has 18 heavy (non-hydrogen) atoms. The van der Waals surface area contributed by atoms with Crippen LogP contribution >= 0.6 is 0 Å². The molecule has 94 valence electrons. The summed E-state index contributed by atoms with van der Waals surface area (Å²) in [5.74, 6) is -0.986. The highest BCUT2D eigenvalue weighted by Gasteiger charge is 2.18. The average molecular weight is 244 g/mol. The maximum Gasteiger partial charge on any atom is 0.320 e. The van der Waals surface area contributed by atoms with Crippen molar-refractivity contribution in [2.24, 2.45) is 5.73 Å². The van der Waals surface area contributed by atoms with Gasteiger partial charge in [0, 0.05) is 23.0 Å². The van der Waals surface area contributed by atoms with Crippen molar-refractivity contribution in [3.63, 3.8) is 0 Å². The number of nitrogens with two attached hydrogens (primary N) is 1. The molecule has 0 saturated heterocycles. The van der Waals surface area contributed by atoms with Crippen LogP contribution in [0.3, 0.4) is 0 Å². The van der Waals surface area contributed by atoms with E-state index in [0.29, 0.717) is 6.42 Å². The molecular weight excluding hydrogens is 228 g/mol. The Morgan fingerprint density at radius 1 is 1.61 bits per heavy atom. The number of aliphatic carboxylic acids is 1. The minimum absolute atomic E-state index is 0.312. The predicted octanol–water partition coefficient (Wildman–Crippen LogP) is 2.07. The first-order valence-corrected chi connectivity index (χ1v) is 5.75. The highest BCUT2D eigenvalue weighted by molar-refractivity contribution is 5.93. The topological polar surface area (TPSA) is 79.1 Å². The fraction of sp³-hybridized carbons (Fsp3) is 0.214. The molecule has 0 fully saturated rings. The van der Waals surface area contributed by atoms with Gasteiger partial charge < -0.3 is 15.8 Å². The number of fused-ring (bicyclic) bond motifs is 1. The molecular formula is C14H16N2O2. The van der Waals surface area contributed by atoms with Gasteiger partial charge in [-0.3, -0.25) is 4.79 Å². The Bertz CT molecular complexity index is 614. The zero-order chi connectivity index (χ0) is 13.3. The molecule has 1 aromatic carbocycles. The minimum Gasteiger partial charge on any atom is -0.480 e. The lowest BCUT2D eigenvalue weighted by Crippen LogP contribution is -2.32. The van der Waals surface area contributed by atoms with Gasteiger partial charge in [-0.15, -0.1) is 0 Å². The van der Waals surface area contributed by atoms with Crippen molar-refractivity contribution in [2.75, 3.05) is 0 Å². The summed E-state index contributed by atoms with van der Waals surface area (Å²) in [6.07, 6.45) is 2.08. The second-order valence-corrected chi connectivity index (χ2v) is 4.35. The van der Waals surface area contributed by atoms with Crippen LogP contribution in [0.2, 0.25) is 0 Å². The van der Waals surface area contributed by atoms with Crippen LogP contribution in [0.1, 0.15) is 16.8 Å². The van der Waals surface area contributed by atoms with E-state index in [0.717, 1.165) is 27.7 Å². The van der Waals surface area contributed by atoms with Crippen LogP contribution in [0.15, 0.2) is 24.8 Å². The van der Waals surface area contributed by atoms with E-state index in [1.165, 1.54) is 0 Å². The van der Waals surface area contributed by atoms with E-state index in [1.807, 2.05) is 25.1 Å². The lowest BCUT2D eigenvalue weighted by molar-refractivity contribution is -0.138. The number of rotatable bonds is 4. The van der Waals surface area contributed by atoms with Crippen LogP contribution in [0.5, 0.6) is 0 Å². The third-order valence-corrected chi connectivity index (χ3v) is 3.13. The van der Waals surface area contributed by atoms with Crippen molar-refractivity contribution in [3.8, 4) is 0 Å². The molecule has 4 N–H and O–H groups in total. The SMILES string of the molecule is C=Cc1cccc2[nH]c(C)c(CC(N)C(=O)O)c12. The molecule has 0 aliphatic heterocycles. The van der Waals surface area contributed by atoms with Crippen LogP contribution in [0, 0.1) is 6.92 Å². The number of carboxylic acid groups (broad SMARTS) is 1. The number of aryl methyl sites for hydroxylation is 1. The predicted molar refractivity (Wildman–Crippen MR) is 72.4 cm³/mol. The van der Waals surface area contributed by atoms with Crippen LogP contribution in [-0.2, 0) is 11.2 Å². The Hall–Kier alpha value is -2.07. The van der Waals surface area contributed by atoms with Crippen molar-refractivity contribution in [2.45, 2.75) is 19.4 Å². The molecule has 0 amide bonds. The molecule has 4 nitrogen and oxygen atoms in total. The highest BCUT2D eigenvalue weighted by atomic mass is 16.4. The monoisotopic (exact) mass is 244 g/mol. The van der Waals surface area contributed by atoms with Crippen molar-refractivity contribution in [1.82, 2.24) is 4.98 Å². The molecule has 1 atom stereocenters. The first-order chi connectivity index (χ1) is 8.54. The third kappa shape index (κ3) is 2.02. The Kier molecular flexibility index (Phi) is 3.21. The van der Waals surface area contributed by atoms with Gasteiger partial charge in [0.05, 0.1) is 0 Å². The Morgan fingerprint density at radius 2 is 2.33 bits per heavy atom. The van der Waals surface area contributed by atoms with Gasteiger partial charge in [-0.2, -0.15) is 0 Å². The molecule has 2 rings (SSSR count). The van der Waals surface area contributed by atoms with E-state index >= 15 is 0 Å². The smallest absolute Gasteiger partial charge is 0.320 e. The summed E-state index contributed by atoms with van der Waals surface area (Å²) in [5, 5.41) is 9.93. The quantitative estimate of drug-likeness (QED) is 0.770. The molecule has 0 aliphatic rings. The van der Waals surface area contributed by atoms with E-state index in [-0.39, 0.29) is 0 Å². The molecule has 1 aromatic heterocycles. The van der Waals surface area contributed by atoms with Gasteiger partial charge in [0.15, 0.2) is 0 Å². The fourth-order valence-corrected chi connectivity index (χ4v) is 2.21. The van der Waals surface area contributed by atoms with E-state index in [1.54, 1.807) is 6.08 Å². The van der Waals surface area contributed by atoms with Crippen molar-refractivity contribution < 1.29 is 9.90 Å². The van der Waals surface area contributed by atoms with Gasteiger partial charge in [0.2, 0.25) is 0 Å². The molecule has 2 aromatic rings. The average Bonchev–Trinajstić information content (AvgIpc) is 2.65. The highest BCUT2D eigenvalue weighted by Crippen LogP contribution is 2.27. The Labute approximate surface area is 105 Å². The standard InChI is InChI=1S/C14H16N2O2/c1-3-9-5-4-6-12-13(9)10(8(2)16-12)7-11(15)14(17)18/h3-6,11,16H,1,7,15H2,2H3,(H,17,18). The van der Waals surface area contributed by atoms with Crippen LogP contribution < -0.4 is 5.73 Å². The molecule has 1 unspecified atom stereocenters. The van der Waals surface area contributed by atoms with Crippen LogP contribution in [0.25, 0.3) is 17.0 Å². The number of aromatic nitrogens is 1. The second-order valence-electron chi connectivity index (χ2n) is 4.35. The maximum absolute atomic E-state index is 10.9. The summed E-state index contributed by atoms with van der Waals surface area (Å²) >= 11 is 0. The lowest BCUT2D eigenvalue weighted by Gasteiger charge is -2.07. The lowest BCUT2D eigenvalue weighted by atomic mass is 9.99. The van der Waals surface area contributed by atoms with Gasteiger partial charge in [0.1, 0.15) is 6.04 Å². The maximum atomic E-state index is 10.9. The number of hydrogen-bond acceptors (Lipinski definition) is 2. The van der Waals surface area contributed by atoms with Crippen LogP contribution in [0.4, 0.5) is 0 Å². The molecule has 0 spiro atoms. The first kappa shape index (κ1) is 12.4. The molecule has 4 heteroatoms. The summed E-state index contributed by atoms with van der Waals surface area (Å²) in [6, 6.07) is 4.97. The molecule has 0 radical (unpaired) electrons. The van der Waals surface area contributed by atoms with Gasteiger partial charge in [-0.1, -0.05) is 24.8 Å². The summed E-state index contributed by atoms with van der Waals surface area (Å²) in [5.41, 5.74) is 9.50. The van der Waals surface area contributed by atoms with Crippen molar-refractivity contribution in [1.29, 1.82) is 0 Å². The number of H-pyrrole nitrogens is 1. The number of aromatic amines is 1. The van der Waals surface area contributed by atoms with Gasteiger partial charge in [-0.25, -0.2) is 0 Å². The van der Waals surface area contributed by atoms with E-state index in [4.69, 9.17) is 10.8 Å². The fourth-order valence-electron chi connectivity index (χ4n) is 2.21. The summed E-state index contributed by atoms with van der Waals surface area (Å²) in [4.78, 5) is 14.1. The number of carboxylic acids is 1. The molecule has 0 bridgehead atoms. The number of carbonyl (C=O) groups is 1. The zero-order valence-electron chi connectivity index (χ0n) is 10.2. The summed E-state index contributed by atoms with van der Waals surface area (Å²) < 4.78 is 0. The third-order valence-electron chi connectivity index (χ3n) is 3.13. The Morgan fingerprint density at radius 3 is 2.94 bits per heavy atom. The van der Waals surface area contributed by atoms with E-state index in [2.05, 4.69) is 11.6 Å². The largest absolute Gasteiger partial charge is 0.480 e. The van der Waals surface area contributed by atoms with E-state index in [9.17, 15) is 4.79 Å². The second kappa shape index (κ2) is 4.66. The van der Waals surface area contributed by atoms with Crippen LogP contribution in [-0.4, -0.2) is 22.1 Å². The number of nitrogens with one attached hydrogen (secondary N) is 1. The number of hydrogen-bond donors (Lipinski definition) is 3. The minimum atomic E-state index is -0.986. The van der Waals surface area contributed by atoms with Crippen molar-refractivity contribution in [3.05, 3.63) is 41.6 Å². The Balaban J connectivity index is 2.58. The van der Waals surface area contributed by atoms with Crippen molar-refractivity contribution >= 4 is 22.9 Å². The molecule has 0 aliphatic carbocycles. The molecule has 1 heterocycles. The van der Waals surface area contributed by atoms with Gasteiger partial charge in [-0.05, 0) is 24.1 Å². The summed E-state index contributed by atoms with van der Waals surface area (Å²) in [7, 11) is 0. The summed E-state index contributed by atoms with van der Waals surface area (Å²) in [6.45, 7) is 5.71.